The summed E-state index contributed by atoms with van der Waals surface area (Å²) in [6.45, 7) is 0.134. The lowest BCUT2D eigenvalue weighted by Crippen LogP contribution is -2.24. The highest BCUT2D eigenvalue weighted by atomic mass is 32.2. The lowest BCUT2D eigenvalue weighted by atomic mass is 10.2. The minimum atomic E-state index is -3.23. The van der Waals surface area contributed by atoms with Crippen molar-refractivity contribution in [1.82, 2.24) is 4.31 Å². The van der Waals surface area contributed by atoms with Crippen LogP contribution in [0.3, 0.4) is 0 Å². The first-order chi connectivity index (χ1) is 12.3. The fourth-order valence-corrected chi connectivity index (χ4v) is 2.50. The predicted octanol–water partition coefficient (Wildman–Crippen LogP) is 2.10. The summed E-state index contributed by atoms with van der Waals surface area (Å²) in [5, 5.41) is 2.72. The molecular weight excluding hydrogens is 356 g/mol. The third kappa shape index (κ3) is 6.05. The van der Waals surface area contributed by atoms with Gasteiger partial charge in [-0.25, -0.2) is 12.7 Å². The van der Waals surface area contributed by atoms with Crippen LogP contribution < -0.4 is 14.8 Å². The van der Waals surface area contributed by atoms with Crippen LogP contribution in [-0.4, -0.2) is 45.7 Å². The van der Waals surface area contributed by atoms with E-state index in [9.17, 15) is 13.2 Å². The molecule has 0 aliphatic carbocycles. The highest BCUT2D eigenvalue weighted by Crippen LogP contribution is 2.17. The van der Waals surface area contributed by atoms with E-state index in [1.165, 1.54) is 11.4 Å². The molecule has 2 rings (SSSR count). The normalized spacial score (nSPS) is 11.2. The molecule has 0 heterocycles. The van der Waals surface area contributed by atoms with Crippen LogP contribution in [0.25, 0.3) is 0 Å². The van der Waals surface area contributed by atoms with Crippen molar-refractivity contribution in [3.63, 3.8) is 0 Å². The third-order valence-corrected chi connectivity index (χ3v) is 4.88. The maximum Gasteiger partial charge on any atom is 0.262 e. The summed E-state index contributed by atoms with van der Waals surface area (Å²) in [6, 6.07) is 14.0. The van der Waals surface area contributed by atoms with Gasteiger partial charge in [-0.3, -0.25) is 4.79 Å². The highest BCUT2D eigenvalue weighted by Gasteiger charge is 2.11. The van der Waals surface area contributed by atoms with Crippen LogP contribution in [0.4, 0.5) is 5.69 Å². The minimum Gasteiger partial charge on any atom is -0.497 e. The Morgan fingerprint density at radius 2 is 1.81 bits per heavy atom. The Morgan fingerprint density at radius 1 is 1.12 bits per heavy atom. The molecule has 0 aromatic heterocycles. The summed E-state index contributed by atoms with van der Waals surface area (Å²) in [6.07, 6.45) is 1.16. The van der Waals surface area contributed by atoms with Gasteiger partial charge in [-0.15, -0.1) is 0 Å². The van der Waals surface area contributed by atoms with Crippen LogP contribution in [0.2, 0.25) is 0 Å². The zero-order valence-corrected chi connectivity index (χ0v) is 15.7. The number of hydrogen-bond acceptors (Lipinski definition) is 5. The van der Waals surface area contributed by atoms with Crippen LogP contribution in [0, 0.1) is 0 Å². The fraction of sp³-hybridized carbons (Fsp3) is 0.278. The summed E-state index contributed by atoms with van der Waals surface area (Å²) in [5.74, 6) is 0.883. The molecule has 0 fully saturated rings. The van der Waals surface area contributed by atoms with E-state index in [0.717, 1.165) is 11.8 Å². The molecule has 0 radical (unpaired) electrons. The quantitative estimate of drug-likeness (QED) is 0.760. The first-order valence-corrected chi connectivity index (χ1v) is 9.70. The molecule has 2 aromatic carbocycles. The summed E-state index contributed by atoms with van der Waals surface area (Å²) < 4.78 is 34.6. The van der Waals surface area contributed by atoms with Gasteiger partial charge in [-0.1, -0.05) is 18.2 Å². The molecule has 0 saturated carbocycles. The number of ether oxygens (including phenoxy) is 2. The topological polar surface area (TPSA) is 84.9 Å². The van der Waals surface area contributed by atoms with E-state index in [2.05, 4.69) is 5.32 Å². The van der Waals surface area contributed by atoms with E-state index in [4.69, 9.17) is 9.47 Å². The van der Waals surface area contributed by atoms with Gasteiger partial charge in [0.1, 0.15) is 11.5 Å². The van der Waals surface area contributed by atoms with Gasteiger partial charge in [0.2, 0.25) is 10.0 Å². The van der Waals surface area contributed by atoms with Crippen molar-refractivity contribution < 1.29 is 22.7 Å². The van der Waals surface area contributed by atoms with Crippen LogP contribution in [-0.2, 0) is 21.4 Å². The SMILES string of the molecule is COc1cccc(NC(=O)COc2ccc(CN(C)S(C)(=O)=O)cc2)c1. The number of benzene rings is 2. The van der Waals surface area contributed by atoms with Gasteiger partial charge < -0.3 is 14.8 Å². The molecule has 0 spiro atoms. The second-order valence-electron chi connectivity index (χ2n) is 5.73. The van der Waals surface area contributed by atoms with Crippen LogP contribution in [0.15, 0.2) is 48.5 Å². The number of amides is 1. The highest BCUT2D eigenvalue weighted by molar-refractivity contribution is 7.88. The molecule has 140 valence electrons. The lowest BCUT2D eigenvalue weighted by molar-refractivity contribution is -0.118. The van der Waals surface area contributed by atoms with Gasteiger partial charge in [0, 0.05) is 25.3 Å². The standard InChI is InChI=1S/C18H22N2O5S/c1-20(26(3,22)23)12-14-7-9-16(10-8-14)25-13-18(21)19-15-5-4-6-17(11-15)24-2/h4-11H,12-13H2,1-3H3,(H,19,21). The Morgan fingerprint density at radius 3 is 2.42 bits per heavy atom. The number of hydrogen-bond donors (Lipinski definition) is 1. The van der Waals surface area contributed by atoms with Gasteiger partial charge in [0.25, 0.3) is 5.91 Å². The second kappa shape index (κ2) is 8.68. The Balaban J connectivity index is 1.86. The molecule has 0 aliphatic rings. The van der Waals surface area contributed by atoms with Gasteiger partial charge in [0.15, 0.2) is 6.61 Å². The largest absolute Gasteiger partial charge is 0.497 e. The summed E-state index contributed by atoms with van der Waals surface area (Å²) in [4.78, 5) is 12.0. The molecular formula is C18H22N2O5S. The summed E-state index contributed by atoms with van der Waals surface area (Å²) >= 11 is 0. The van der Waals surface area contributed by atoms with Gasteiger partial charge in [0.05, 0.1) is 13.4 Å². The first-order valence-electron chi connectivity index (χ1n) is 7.85. The number of carbonyl (C=O) groups excluding carboxylic acids is 1. The number of rotatable bonds is 8. The number of nitrogens with one attached hydrogen (secondary N) is 1. The van der Waals surface area contributed by atoms with Crippen molar-refractivity contribution in [2.75, 3.05) is 32.3 Å². The molecule has 2 aromatic rings. The molecule has 0 aliphatic heterocycles. The van der Waals surface area contributed by atoms with Crippen molar-refractivity contribution in [2.45, 2.75) is 6.54 Å². The molecule has 7 nitrogen and oxygen atoms in total. The zero-order chi connectivity index (χ0) is 19.2. The average Bonchev–Trinajstić information content (AvgIpc) is 2.60. The Labute approximate surface area is 153 Å². The number of anilines is 1. The van der Waals surface area contributed by atoms with Crippen molar-refractivity contribution >= 4 is 21.6 Å². The van der Waals surface area contributed by atoms with E-state index in [1.807, 2.05) is 0 Å². The van der Waals surface area contributed by atoms with Crippen molar-refractivity contribution in [1.29, 1.82) is 0 Å². The van der Waals surface area contributed by atoms with Gasteiger partial charge in [-0.05, 0) is 29.8 Å². The molecule has 0 atom stereocenters. The molecule has 0 unspecified atom stereocenters. The van der Waals surface area contributed by atoms with E-state index in [0.29, 0.717) is 17.2 Å². The molecule has 26 heavy (non-hydrogen) atoms. The van der Waals surface area contributed by atoms with E-state index in [1.54, 1.807) is 55.6 Å². The molecule has 1 amide bonds. The number of sulfonamides is 1. The van der Waals surface area contributed by atoms with Crippen molar-refractivity contribution in [2.24, 2.45) is 0 Å². The lowest BCUT2D eigenvalue weighted by Gasteiger charge is -2.14. The van der Waals surface area contributed by atoms with Crippen LogP contribution in [0.1, 0.15) is 5.56 Å². The number of methoxy groups -OCH3 is 1. The van der Waals surface area contributed by atoms with Gasteiger partial charge >= 0.3 is 0 Å². The van der Waals surface area contributed by atoms with Crippen LogP contribution in [0.5, 0.6) is 11.5 Å². The molecule has 0 saturated heterocycles. The smallest absolute Gasteiger partial charge is 0.262 e. The fourth-order valence-electron chi connectivity index (χ4n) is 2.11. The Kier molecular flexibility index (Phi) is 6.59. The Hall–Kier alpha value is -2.58. The van der Waals surface area contributed by atoms with E-state index in [-0.39, 0.29) is 19.1 Å². The summed E-state index contributed by atoms with van der Waals surface area (Å²) in [5.41, 5.74) is 1.45. The maximum atomic E-state index is 12.0. The predicted molar refractivity (Wildman–Crippen MR) is 99.9 cm³/mol. The average molecular weight is 378 g/mol. The minimum absolute atomic E-state index is 0.139. The zero-order valence-electron chi connectivity index (χ0n) is 14.9. The van der Waals surface area contributed by atoms with Crippen molar-refractivity contribution in [3.05, 3.63) is 54.1 Å². The third-order valence-electron chi connectivity index (χ3n) is 3.62. The number of carbonyl (C=O) groups is 1. The maximum absolute atomic E-state index is 12.0. The van der Waals surface area contributed by atoms with E-state index >= 15 is 0 Å². The monoisotopic (exact) mass is 378 g/mol. The molecule has 1 N–H and O–H groups in total. The van der Waals surface area contributed by atoms with Gasteiger partial charge in [-0.2, -0.15) is 0 Å². The molecule has 8 heteroatoms. The number of nitrogens with zero attached hydrogens (tertiary/aromatic N) is 1. The second-order valence-corrected chi connectivity index (χ2v) is 7.82. The van der Waals surface area contributed by atoms with Crippen molar-refractivity contribution in [3.8, 4) is 11.5 Å². The van der Waals surface area contributed by atoms with E-state index < -0.39 is 10.0 Å². The first kappa shape index (κ1) is 19.7. The molecule has 0 bridgehead atoms. The van der Waals surface area contributed by atoms with Crippen LogP contribution >= 0.6 is 0 Å². The summed E-state index contributed by atoms with van der Waals surface area (Å²) in [7, 11) is -0.154. The Bertz CT molecular complexity index is 850.